The molecule has 4 nitrogen and oxygen atoms in total. The molecule has 0 bridgehead atoms. The van der Waals surface area contributed by atoms with Gasteiger partial charge in [0.2, 0.25) is 0 Å². The van der Waals surface area contributed by atoms with Crippen LogP contribution in [-0.4, -0.2) is 16.6 Å². The lowest BCUT2D eigenvalue weighted by Crippen LogP contribution is -2.20. The van der Waals surface area contributed by atoms with E-state index >= 15 is 0 Å². The van der Waals surface area contributed by atoms with Crippen molar-refractivity contribution in [3.8, 4) is 5.75 Å². The van der Waals surface area contributed by atoms with E-state index in [0.29, 0.717) is 12.6 Å². The molecule has 0 fully saturated rings. The van der Waals surface area contributed by atoms with Crippen LogP contribution in [0.5, 0.6) is 5.75 Å². The maximum Gasteiger partial charge on any atom is 0.125 e. The summed E-state index contributed by atoms with van der Waals surface area (Å²) in [6.45, 7) is 7.54. The highest BCUT2D eigenvalue weighted by Gasteiger charge is 2.09. The first kappa shape index (κ1) is 15.4. The van der Waals surface area contributed by atoms with E-state index in [1.807, 2.05) is 38.4 Å². The Hall–Kier alpha value is -1.94. The summed E-state index contributed by atoms with van der Waals surface area (Å²) in [4.78, 5) is 8.44. The van der Waals surface area contributed by atoms with E-state index in [1.54, 1.807) is 0 Å². The van der Waals surface area contributed by atoms with Crippen LogP contribution in [0, 0.1) is 6.92 Å². The Kier molecular flexibility index (Phi) is 5.69. The Bertz CT molecular complexity index is 537. The van der Waals surface area contributed by atoms with Crippen molar-refractivity contribution in [2.24, 2.45) is 0 Å². The molecule has 2 rings (SSSR count). The third-order valence-corrected chi connectivity index (χ3v) is 3.39. The third-order valence-electron chi connectivity index (χ3n) is 3.39. The van der Waals surface area contributed by atoms with Gasteiger partial charge in [0.05, 0.1) is 6.61 Å². The fraction of sp³-hybridized carbons (Fsp3) is 0.412. The maximum absolute atomic E-state index is 5.48. The minimum absolute atomic E-state index is 0.321. The van der Waals surface area contributed by atoms with Gasteiger partial charge < -0.3 is 10.1 Å². The number of rotatable bonds is 7. The highest BCUT2D eigenvalue weighted by Crippen LogP contribution is 2.20. The van der Waals surface area contributed by atoms with Crippen LogP contribution in [0.25, 0.3) is 0 Å². The Morgan fingerprint density at radius 2 is 1.76 bits per heavy atom. The van der Waals surface area contributed by atoms with Gasteiger partial charge in [0.25, 0.3) is 0 Å². The zero-order valence-corrected chi connectivity index (χ0v) is 13.0. The quantitative estimate of drug-likeness (QED) is 0.846. The molecule has 0 radical (unpaired) electrons. The average molecular weight is 285 g/mol. The van der Waals surface area contributed by atoms with Crippen molar-refractivity contribution in [1.82, 2.24) is 15.3 Å². The number of benzene rings is 1. The van der Waals surface area contributed by atoms with Crippen LogP contribution in [0.1, 0.15) is 43.3 Å². The van der Waals surface area contributed by atoms with Gasteiger partial charge >= 0.3 is 0 Å². The van der Waals surface area contributed by atoms with Crippen LogP contribution < -0.4 is 10.1 Å². The van der Waals surface area contributed by atoms with E-state index in [-0.39, 0.29) is 0 Å². The standard InChI is InChI=1S/C17H23N3O/c1-4-17(15-6-8-16(9-7-15)21-5-2)20-12-14-10-18-13(3)19-11-14/h6-11,17,20H,4-5,12H2,1-3H3. The molecule has 1 N–H and O–H groups in total. The zero-order valence-electron chi connectivity index (χ0n) is 13.0. The molecule has 0 amide bonds. The predicted molar refractivity (Wildman–Crippen MR) is 84.3 cm³/mol. The Labute approximate surface area is 126 Å². The third kappa shape index (κ3) is 4.53. The normalized spacial score (nSPS) is 12.1. The number of aromatic nitrogens is 2. The Morgan fingerprint density at radius 1 is 1.10 bits per heavy atom. The largest absolute Gasteiger partial charge is 0.494 e. The summed E-state index contributed by atoms with van der Waals surface area (Å²) in [6, 6.07) is 8.62. The number of nitrogens with zero attached hydrogens (tertiary/aromatic N) is 2. The number of hydrogen-bond acceptors (Lipinski definition) is 4. The molecule has 1 atom stereocenters. The first-order valence-corrected chi connectivity index (χ1v) is 7.46. The lowest BCUT2D eigenvalue weighted by atomic mass is 10.0. The van der Waals surface area contributed by atoms with Crippen LogP contribution in [0.2, 0.25) is 0 Å². The first-order valence-electron chi connectivity index (χ1n) is 7.46. The van der Waals surface area contributed by atoms with Crippen molar-refractivity contribution in [1.29, 1.82) is 0 Å². The van der Waals surface area contributed by atoms with Gasteiger partial charge in [-0.25, -0.2) is 9.97 Å². The molecule has 0 saturated heterocycles. The van der Waals surface area contributed by atoms with Crippen molar-refractivity contribution in [3.05, 3.63) is 53.6 Å². The minimum Gasteiger partial charge on any atom is -0.494 e. The second-order valence-electron chi connectivity index (χ2n) is 4.98. The highest BCUT2D eigenvalue weighted by atomic mass is 16.5. The predicted octanol–water partition coefficient (Wildman–Crippen LogP) is 3.42. The molecule has 21 heavy (non-hydrogen) atoms. The summed E-state index contributed by atoms with van der Waals surface area (Å²) >= 11 is 0. The highest BCUT2D eigenvalue weighted by molar-refractivity contribution is 5.29. The summed E-state index contributed by atoms with van der Waals surface area (Å²) in [6.07, 6.45) is 4.78. The van der Waals surface area contributed by atoms with Gasteiger partial charge in [-0.15, -0.1) is 0 Å². The average Bonchev–Trinajstić information content (AvgIpc) is 2.51. The smallest absolute Gasteiger partial charge is 0.125 e. The second kappa shape index (κ2) is 7.74. The molecule has 0 aliphatic carbocycles. The molecular formula is C17H23N3O. The van der Waals surface area contributed by atoms with Crippen LogP contribution in [0.4, 0.5) is 0 Å². The topological polar surface area (TPSA) is 47.0 Å². The first-order chi connectivity index (χ1) is 10.2. The lowest BCUT2D eigenvalue weighted by molar-refractivity contribution is 0.340. The van der Waals surface area contributed by atoms with Crippen molar-refractivity contribution in [2.45, 2.75) is 39.8 Å². The molecule has 0 saturated carbocycles. The van der Waals surface area contributed by atoms with E-state index < -0.39 is 0 Å². The summed E-state index contributed by atoms with van der Waals surface area (Å²) in [7, 11) is 0. The molecule has 1 aromatic heterocycles. The molecule has 1 unspecified atom stereocenters. The molecule has 2 aromatic rings. The van der Waals surface area contributed by atoms with Gasteiger partial charge in [0, 0.05) is 30.5 Å². The van der Waals surface area contributed by atoms with Gasteiger partial charge in [-0.05, 0) is 38.0 Å². The molecule has 1 aromatic carbocycles. The van der Waals surface area contributed by atoms with Crippen LogP contribution in [-0.2, 0) is 6.54 Å². The van der Waals surface area contributed by atoms with E-state index in [0.717, 1.165) is 30.1 Å². The molecule has 0 aliphatic heterocycles. The van der Waals surface area contributed by atoms with E-state index in [9.17, 15) is 0 Å². The summed E-state index contributed by atoms with van der Waals surface area (Å²) in [5, 5.41) is 3.55. The van der Waals surface area contributed by atoms with Gasteiger partial charge in [0.15, 0.2) is 0 Å². The van der Waals surface area contributed by atoms with Gasteiger partial charge in [0.1, 0.15) is 11.6 Å². The summed E-state index contributed by atoms with van der Waals surface area (Å²) in [5.41, 5.74) is 2.37. The number of nitrogens with one attached hydrogen (secondary N) is 1. The van der Waals surface area contributed by atoms with E-state index in [4.69, 9.17) is 4.74 Å². The van der Waals surface area contributed by atoms with Crippen LogP contribution in [0.3, 0.4) is 0 Å². The van der Waals surface area contributed by atoms with Crippen LogP contribution >= 0.6 is 0 Å². The number of ether oxygens (including phenoxy) is 1. The van der Waals surface area contributed by atoms with Crippen molar-refractivity contribution < 1.29 is 4.74 Å². The minimum atomic E-state index is 0.321. The molecular weight excluding hydrogens is 262 g/mol. The van der Waals surface area contributed by atoms with E-state index in [2.05, 4.69) is 34.3 Å². The van der Waals surface area contributed by atoms with Crippen LogP contribution in [0.15, 0.2) is 36.7 Å². The van der Waals surface area contributed by atoms with Crippen molar-refractivity contribution in [2.75, 3.05) is 6.61 Å². The fourth-order valence-electron chi connectivity index (χ4n) is 2.21. The van der Waals surface area contributed by atoms with Gasteiger partial charge in [-0.2, -0.15) is 0 Å². The molecule has 112 valence electrons. The lowest BCUT2D eigenvalue weighted by Gasteiger charge is -2.18. The van der Waals surface area contributed by atoms with Gasteiger partial charge in [-0.3, -0.25) is 0 Å². The fourth-order valence-corrected chi connectivity index (χ4v) is 2.21. The molecule has 0 aliphatic rings. The molecule has 0 spiro atoms. The second-order valence-corrected chi connectivity index (χ2v) is 4.98. The van der Waals surface area contributed by atoms with E-state index in [1.165, 1.54) is 5.56 Å². The Morgan fingerprint density at radius 3 is 2.33 bits per heavy atom. The monoisotopic (exact) mass is 285 g/mol. The number of hydrogen-bond donors (Lipinski definition) is 1. The molecule has 1 heterocycles. The SMILES string of the molecule is CCOc1ccc(C(CC)NCc2cnc(C)nc2)cc1. The Balaban J connectivity index is 1.97. The summed E-state index contributed by atoms with van der Waals surface area (Å²) in [5.74, 6) is 1.72. The van der Waals surface area contributed by atoms with Crippen molar-refractivity contribution in [3.63, 3.8) is 0 Å². The maximum atomic E-state index is 5.48. The van der Waals surface area contributed by atoms with Gasteiger partial charge in [-0.1, -0.05) is 19.1 Å². The zero-order chi connectivity index (χ0) is 15.1. The molecule has 4 heteroatoms. The number of aryl methyl sites for hydroxylation is 1. The summed E-state index contributed by atoms with van der Waals surface area (Å²) < 4.78 is 5.48. The van der Waals surface area contributed by atoms with Crippen molar-refractivity contribution >= 4 is 0 Å².